The van der Waals surface area contributed by atoms with Crippen LogP contribution in [0.25, 0.3) is 0 Å². The highest BCUT2D eigenvalue weighted by Gasteiger charge is 2.20. The maximum absolute atomic E-state index is 11.6. The molecule has 0 unspecified atom stereocenters. The first-order valence-corrected chi connectivity index (χ1v) is 5.08. The van der Waals surface area contributed by atoms with E-state index in [-0.39, 0.29) is 17.2 Å². The van der Waals surface area contributed by atoms with Gasteiger partial charge in [0.25, 0.3) is 5.91 Å². The van der Waals surface area contributed by atoms with Crippen molar-refractivity contribution in [3.05, 3.63) is 23.8 Å². The van der Waals surface area contributed by atoms with Gasteiger partial charge in [0.15, 0.2) is 0 Å². The van der Waals surface area contributed by atoms with Crippen molar-refractivity contribution in [1.82, 2.24) is 5.32 Å². The van der Waals surface area contributed by atoms with Gasteiger partial charge in [-0.25, -0.2) is 0 Å². The Balaban J connectivity index is 3.18. The Morgan fingerprint density at radius 2 is 2.00 bits per heavy atom. The third-order valence-electron chi connectivity index (χ3n) is 1.87. The van der Waals surface area contributed by atoms with Gasteiger partial charge in [-0.3, -0.25) is 4.79 Å². The SMILES string of the molecule is CNC(=O)c1c(O)cccc1OC(C)(C)C. The van der Waals surface area contributed by atoms with Crippen molar-refractivity contribution in [3.8, 4) is 11.5 Å². The summed E-state index contributed by atoms with van der Waals surface area (Å²) in [6.45, 7) is 5.64. The summed E-state index contributed by atoms with van der Waals surface area (Å²) in [6.07, 6.45) is 0. The maximum atomic E-state index is 11.6. The van der Waals surface area contributed by atoms with Crippen LogP contribution in [0, 0.1) is 0 Å². The fraction of sp³-hybridized carbons (Fsp3) is 0.417. The predicted octanol–water partition coefficient (Wildman–Crippen LogP) is 1.93. The third kappa shape index (κ3) is 2.89. The fourth-order valence-corrected chi connectivity index (χ4v) is 1.29. The molecule has 88 valence electrons. The highest BCUT2D eigenvalue weighted by Crippen LogP contribution is 2.29. The van der Waals surface area contributed by atoms with Crippen molar-refractivity contribution in [2.45, 2.75) is 26.4 Å². The summed E-state index contributed by atoms with van der Waals surface area (Å²) in [6, 6.07) is 4.76. The summed E-state index contributed by atoms with van der Waals surface area (Å²) in [5.41, 5.74) is -0.253. The number of phenols is 1. The van der Waals surface area contributed by atoms with E-state index in [0.717, 1.165) is 0 Å². The molecule has 1 aromatic rings. The summed E-state index contributed by atoms with van der Waals surface area (Å²) < 4.78 is 5.62. The quantitative estimate of drug-likeness (QED) is 0.805. The highest BCUT2D eigenvalue weighted by atomic mass is 16.5. The van der Waals surface area contributed by atoms with Gasteiger partial charge in [0, 0.05) is 7.05 Å². The number of amides is 1. The monoisotopic (exact) mass is 223 g/mol. The average Bonchev–Trinajstić information content (AvgIpc) is 2.14. The van der Waals surface area contributed by atoms with Gasteiger partial charge in [-0.1, -0.05) is 6.07 Å². The lowest BCUT2D eigenvalue weighted by Crippen LogP contribution is -2.26. The van der Waals surface area contributed by atoms with Crippen LogP contribution in [-0.2, 0) is 0 Å². The Kier molecular flexibility index (Phi) is 3.42. The minimum absolute atomic E-state index is 0.0823. The second kappa shape index (κ2) is 4.43. The van der Waals surface area contributed by atoms with Crippen LogP contribution in [0.3, 0.4) is 0 Å². The fourth-order valence-electron chi connectivity index (χ4n) is 1.29. The molecule has 0 aliphatic heterocycles. The molecule has 0 saturated heterocycles. The van der Waals surface area contributed by atoms with Gasteiger partial charge >= 0.3 is 0 Å². The molecular formula is C12H17NO3. The number of nitrogens with one attached hydrogen (secondary N) is 1. The zero-order valence-corrected chi connectivity index (χ0v) is 10.00. The van der Waals surface area contributed by atoms with Gasteiger partial charge < -0.3 is 15.2 Å². The van der Waals surface area contributed by atoms with Gasteiger partial charge in [0.05, 0.1) is 0 Å². The Hall–Kier alpha value is -1.71. The van der Waals surface area contributed by atoms with Gasteiger partial charge in [-0.05, 0) is 32.9 Å². The van der Waals surface area contributed by atoms with Gasteiger partial charge in [-0.15, -0.1) is 0 Å². The number of aromatic hydroxyl groups is 1. The molecule has 0 bridgehead atoms. The van der Waals surface area contributed by atoms with Gasteiger partial charge in [-0.2, -0.15) is 0 Å². The lowest BCUT2D eigenvalue weighted by Gasteiger charge is -2.23. The van der Waals surface area contributed by atoms with E-state index >= 15 is 0 Å². The van der Waals surface area contributed by atoms with E-state index in [1.807, 2.05) is 20.8 Å². The van der Waals surface area contributed by atoms with Crippen LogP contribution in [0.4, 0.5) is 0 Å². The molecule has 0 aliphatic rings. The molecule has 0 aliphatic carbocycles. The lowest BCUT2D eigenvalue weighted by molar-refractivity contribution is 0.0938. The molecule has 2 N–H and O–H groups in total. The van der Waals surface area contributed by atoms with Crippen LogP contribution in [-0.4, -0.2) is 23.7 Å². The molecule has 0 radical (unpaired) electrons. The van der Waals surface area contributed by atoms with Crippen molar-refractivity contribution in [1.29, 1.82) is 0 Å². The first kappa shape index (κ1) is 12.4. The summed E-state index contributed by atoms with van der Waals surface area (Å²) in [5.74, 6) is -0.0645. The van der Waals surface area contributed by atoms with Crippen LogP contribution >= 0.6 is 0 Å². The molecule has 0 saturated carbocycles. The van der Waals surface area contributed by atoms with Crippen LogP contribution in [0.15, 0.2) is 18.2 Å². The van der Waals surface area contributed by atoms with E-state index in [1.165, 1.54) is 13.1 Å². The second-order valence-corrected chi connectivity index (χ2v) is 4.44. The van der Waals surface area contributed by atoms with Crippen molar-refractivity contribution in [2.75, 3.05) is 7.05 Å². The number of phenolic OH excluding ortho intramolecular Hbond substituents is 1. The minimum Gasteiger partial charge on any atom is -0.507 e. The van der Waals surface area contributed by atoms with E-state index in [9.17, 15) is 9.90 Å². The number of carbonyl (C=O) groups excluding carboxylic acids is 1. The molecule has 16 heavy (non-hydrogen) atoms. The first-order chi connectivity index (χ1) is 7.35. The third-order valence-corrected chi connectivity index (χ3v) is 1.87. The van der Waals surface area contributed by atoms with E-state index in [1.54, 1.807) is 12.1 Å². The topological polar surface area (TPSA) is 58.6 Å². The standard InChI is InChI=1S/C12H17NO3/c1-12(2,3)16-9-7-5-6-8(14)10(9)11(15)13-4/h5-7,14H,1-4H3,(H,13,15). The first-order valence-electron chi connectivity index (χ1n) is 5.08. The van der Waals surface area contributed by atoms with Crippen LogP contribution in [0.1, 0.15) is 31.1 Å². The van der Waals surface area contributed by atoms with Crippen molar-refractivity contribution >= 4 is 5.91 Å². The molecule has 0 fully saturated rings. The Labute approximate surface area is 95.2 Å². The molecule has 4 heteroatoms. The number of rotatable bonds is 2. The molecule has 0 atom stereocenters. The Morgan fingerprint density at radius 3 is 2.50 bits per heavy atom. The molecule has 1 aromatic carbocycles. The molecule has 4 nitrogen and oxygen atoms in total. The van der Waals surface area contributed by atoms with Crippen molar-refractivity contribution in [3.63, 3.8) is 0 Å². The van der Waals surface area contributed by atoms with Crippen LogP contribution in [0.5, 0.6) is 11.5 Å². The molecular weight excluding hydrogens is 206 g/mol. The Bertz CT molecular complexity index is 394. The molecule has 1 rings (SSSR count). The number of ether oxygens (including phenoxy) is 1. The van der Waals surface area contributed by atoms with E-state index < -0.39 is 5.60 Å². The van der Waals surface area contributed by atoms with Crippen LogP contribution < -0.4 is 10.1 Å². The number of carbonyl (C=O) groups is 1. The second-order valence-electron chi connectivity index (χ2n) is 4.44. The summed E-state index contributed by atoms with van der Waals surface area (Å²) in [7, 11) is 1.51. The number of hydrogen-bond acceptors (Lipinski definition) is 3. The van der Waals surface area contributed by atoms with Crippen LogP contribution in [0.2, 0.25) is 0 Å². The largest absolute Gasteiger partial charge is 0.507 e. The zero-order valence-electron chi connectivity index (χ0n) is 10.00. The molecule has 0 spiro atoms. The smallest absolute Gasteiger partial charge is 0.258 e. The summed E-state index contributed by atoms with van der Waals surface area (Å²) >= 11 is 0. The van der Waals surface area contributed by atoms with E-state index in [0.29, 0.717) is 5.75 Å². The molecule has 0 heterocycles. The molecule has 0 aromatic heterocycles. The predicted molar refractivity (Wildman–Crippen MR) is 61.9 cm³/mol. The average molecular weight is 223 g/mol. The zero-order chi connectivity index (χ0) is 12.3. The minimum atomic E-state index is -0.420. The van der Waals surface area contributed by atoms with Gasteiger partial charge in [0.2, 0.25) is 0 Å². The number of hydrogen-bond donors (Lipinski definition) is 2. The van der Waals surface area contributed by atoms with E-state index in [4.69, 9.17) is 4.74 Å². The van der Waals surface area contributed by atoms with Crippen molar-refractivity contribution in [2.24, 2.45) is 0 Å². The van der Waals surface area contributed by atoms with E-state index in [2.05, 4.69) is 5.32 Å². The Morgan fingerprint density at radius 1 is 1.38 bits per heavy atom. The molecule has 1 amide bonds. The summed E-state index contributed by atoms with van der Waals surface area (Å²) in [4.78, 5) is 11.6. The maximum Gasteiger partial charge on any atom is 0.258 e. The lowest BCUT2D eigenvalue weighted by atomic mass is 10.1. The highest BCUT2D eigenvalue weighted by molar-refractivity contribution is 5.99. The van der Waals surface area contributed by atoms with Gasteiger partial charge in [0.1, 0.15) is 22.7 Å². The van der Waals surface area contributed by atoms with Crippen molar-refractivity contribution < 1.29 is 14.6 Å². The number of benzene rings is 1. The normalized spacial score (nSPS) is 11.0. The summed E-state index contributed by atoms with van der Waals surface area (Å²) in [5, 5.41) is 12.1.